The number of aliphatic carboxylic acids is 1. The van der Waals surface area contributed by atoms with Gasteiger partial charge in [0.05, 0.1) is 5.92 Å². The quantitative estimate of drug-likeness (QED) is 0.817. The molecule has 0 aromatic heterocycles. The lowest BCUT2D eigenvalue weighted by molar-refractivity contribution is -0.142. The fourth-order valence-corrected chi connectivity index (χ4v) is 4.78. The number of hydrogen-bond acceptors (Lipinski definition) is 3. The van der Waals surface area contributed by atoms with Crippen LogP contribution in [-0.2, 0) is 15.0 Å². The molecule has 7 heteroatoms. The van der Waals surface area contributed by atoms with Crippen molar-refractivity contribution in [1.29, 1.82) is 0 Å². The van der Waals surface area contributed by atoms with Crippen LogP contribution in [0.4, 0.5) is 0 Å². The number of carbonyl (C=O) groups is 1. The van der Waals surface area contributed by atoms with Crippen molar-refractivity contribution in [2.45, 2.75) is 52.0 Å². The average Bonchev–Trinajstić information content (AvgIpc) is 2.68. The number of piperidine rings is 1. The van der Waals surface area contributed by atoms with Gasteiger partial charge in [0.25, 0.3) is 10.2 Å². The van der Waals surface area contributed by atoms with Gasteiger partial charge in [-0.15, -0.1) is 0 Å². The molecule has 1 saturated heterocycles. The minimum atomic E-state index is -3.50. The molecule has 0 radical (unpaired) electrons. The van der Waals surface area contributed by atoms with Crippen LogP contribution in [0.1, 0.15) is 46.0 Å². The predicted octanol–water partition coefficient (Wildman–Crippen LogP) is 1.20. The number of carboxylic acid groups (broad SMARTS) is 1. The highest BCUT2D eigenvalue weighted by molar-refractivity contribution is 7.87. The molecule has 0 amide bonds. The molecule has 116 valence electrons. The van der Waals surface area contributed by atoms with Crippen molar-refractivity contribution in [3.63, 3.8) is 0 Å². The van der Waals surface area contributed by atoms with Crippen LogP contribution < -0.4 is 4.72 Å². The standard InChI is InChI=1S/C13H24N2O4S/c1-13(2)7-3-4-11(13)14-20(18,19)15-8-5-10(6-9-15)12(16)17/h10-11,14H,3-9H2,1-2H3,(H,16,17). The Labute approximate surface area is 120 Å². The first-order chi connectivity index (χ1) is 9.22. The number of nitrogens with one attached hydrogen (secondary N) is 1. The van der Waals surface area contributed by atoms with E-state index < -0.39 is 22.1 Å². The molecule has 0 bridgehead atoms. The van der Waals surface area contributed by atoms with Gasteiger partial charge in [0.2, 0.25) is 0 Å². The van der Waals surface area contributed by atoms with Crippen molar-refractivity contribution >= 4 is 16.2 Å². The van der Waals surface area contributed by atoms with Gasteiger partial charge in [-0.2, -0.15) is 17.4 Å². The number of rotatable bonds is 4. The van der Waals surface area contributed by atoms with Crippen molar-refractivity contribution in [2.24, 2.45) is 11.3 Å². The lowest BCUT2D eigenvalue weighted by atomic mass is 9.88. The Morgan fingerprint density at radius 3 is 2.30 bits per heavy atom. The molecule has 1 heterocycles. The first-order valence-electron chi connectivity index (χ1n) is 7.22. The van der Waals surface area contributed by atoms with Crippen LogP contribution in [0.2, 0.25) is 0 Å². The van der Waals surface area contributed by atoms with Crippen LogP contribution in [0.3, 0.4) is 0 Å². The minimum Gasteiger partial charge on any atom is -0.481 e. The summed E-state index contributed by atoms with van der Waals surface area (Å²) in [4.78, 5) is 10.9. The third kappa shape index (κ3) is 3.32. The molecular formula is C13H24N2O4S. The van der Waals surface area contributed by atoms with Crippen molar-refractivity contribution in [3.8, 4) is 0 Å². The van der Waals surface area contributed by atoms with E-state index in [1.54, 1.807) is 0 Å². The molecule has 1 saturated carbocycles. The second kappa shape index (κ2) is 5.61. The number of nitrogens with zero attached hydrogens (tertiary/aromatic N) is 1. The SMILES string of the molecule is CC1(C)CCCC1NS(=O)(=O)N1CCC(C(=O)O)CC1. The number of carboxylic acids is 1. The van der Waals surface area contributed by atoms with Crippen LogP contribution in [-0.4, -0.2) is 42.9 Å². The molecule has 2 rings (SSSR count). The van der Waals surface area contributed by atoms with Crippen LogP contribution in [0, 0.1) is 11.3 Å². The van der Waals surface area contributed by atoms with E-state index in [-0.39, 0.29) is 11.5 Å². The van der Waals surface area contributed by atoms with Gasteiger partial charge in [-0.1, -0.05) is 20.3 Å². The van der Waals surface area contributed by atoms with Crippen LogP contribution >= 0.6 is 0 Å². The van der Waals surface area contributed by atoms with Gasteiger partial charge in [-0.05, 0) is 31.1 Å². The zero-order valence-electron chi connectivity index (χ0n) is 12.1. The van der Waals surface area contributed by atoms with Gasteiger partial charge >= 0.3 is 5.97 Å². The summed E-state index contributed by atoms with van der Waals surface area (Å²) in [6.07, 6.45) is 3.73. The molecule has 0 spiro atoms. The maximum atomic E-state index is 12.4. The Kier molecular flexibility index (Phi) is 4.41. The van der Waals surface area contributed by atoms with E-state index in [9.17, 15) is 13.2 Å². The highest BCUT2D eigenvalue weighted by atomic mass is 32.2. The Morgan fingerprint density at radius 2 is 1.85 bits per heavy atom. The van der Waals surface area contributed by atoms with Gasteiger partial charge in [0.1, 0.15) is 0 Å². The average molecular weight is 304 g/mol. The highest BCUT2D eigenvalue weighted by Gasteiger charge is 2.39. The fraction of sp³-hybridized carbons (Fsp3) is 0.923. The summed E-state index contributed by atoms with van der Waals surface area (Å²) in [6, 6.07) is -0.0234. The summed E-state index contributed by atoms with van der Waals surface area (Å²) in [5.41, 5.74) is -0.00748. The van der Waals surface area contributed by atoms with Crippen molar-refractivity contribution in [1.82, 2.24) is 9.03 Å². The molecule has 1 atom stereocenters. The molecule has 1 aliphatic heterocycles. The van der Waals surface area contributed by atoms with Crippen LogP contribution in [0.25, 0.3) is 0 Å². The van der Waals surface area contributed by atoms with E-state index in [2.05, 4.69) is 18.6 Å². The van der Waals surface area contributed by atoms with Gasteiger partial charge in [0, 0.05) is 19.1 Å². The van der Waals surface area contributed by atoms with E-state index >= 15 is 0 Å². The fourth-order valence-electron chi connectivity index (χ4n) is 3.14. The summed E-state index contributed by atoms with van der Waals surface area (Å²) in [5, 5.41) is 8.94. The van der Waals surface area contributed by atoms with E-state index in [0.717, 1.165) is 19.3 Å². The van der Waals surface area contributed by atoms with Gasteiger partial charge in [-0.25, -0.2) is 0 Å². The third-order valence-electron chi connectivity index (χ3n) is 4.69. The Balaban J connectivity index is 1.96. The molecule has 2 N–H and O–H groups in total. The normalized spacial score (nSPS) is 28.6. The molecule has 6 nitrogen and oxygen atoms in total. The summed E-state index contributed by atoms with van der Waals surface area (Å²) in [5.74, 6) is -1.24. The van der Waals surface area contributed by atoms with Crippen molar-refractivity contribution in [2.75, 3.05) is 13.1 Å². The topological polar surface area (TPSA) is 86.7 Å². The maximum absolute atomic E-state index is 12.4. The predicted molar refractivity (Wildman–Crippen MR) is 75.4 cm³/mol. The molecule has 0 aromatic carbocycles. The zero-order valence-corrected chi connectivity index (χ0v) is 12.9. The smallest absolute Gasteiger partial charge is 0.306 e. The highest BCUT2D eigenvalue weighted by Crippen LogP contribution is 2.37. The Morgan fingerprint density at radius 1 is 1.25 bits per heavy atom. The van der Waals surface area contributed by atoms with Gasteiger partial charge in [0.15, 0.2) is 0 Å². The van der Waals surface area contributed by atoms with Crippen molar-refractivity contribution in [3.05, 3.63) is 0 Å². The molecule has 0 aromatic rings. The summed E-state index contributed by atoms with van der Waals surface area (Å²) in [7, 11) is -3.50. The number of hydrogen-bond donors (Lipinski definition) is 2. The monoisotopic (exact) mass is 304 g/mol. The molecule has 1 unspecified atom stereocenters. The lowest BCUT2D eigenvalue weighted by Crippen LogP contribution is -2.51. The summed E-state index contributed by atoms with van der Waals surface area (Å²) >= 11 is 0. The van der Waals surface area contributed by atoms with Gasteiger partial charge < -0.3 is 5.11 Å². The van der Waals surface area contributed by atoms with Crippen molar-refractivity contribution < 1.29 is 18.3 Å². The first kappa shape index (κ1) is 15.7. The summed E-state index contributed by atoms with van der Waals surface area (Å²) < 4.78 is 28.9. The van der Waals surface area contributed by atoms with E-state index in [0.29, 0.717) is 25.9 Å². The Bertz CT molecular complexity index is 467. The van der Waals surface area contributed by atoms with Crippen LogP contribution in [0.5, 0.6) is 0 Å². The minimum absolute atomic E-state index is 0.00748. The summed E-state index contributed by atoms with van der Waals surface area (Å²) in [6.45, 7) is 4.76. The molecule has 1 aliphatic carbocycles. The third-order valence-corrected chi connectivity index (χ3v) is 6.32. The zero-order chi connectivity index (χ0) is 15.0. The lowest BCUT2D eigenvalue weighted by Gasteiger charge is -2.33. The maximum Gasteiger partial charge on any atom is 0.306 e. The largest absolute Gasteiger partial charge is 0.481 e. The van der Waals surface area contributed by atoms with E-state index in [1.165, 1.54) is 4.31 Å². The molecular weight excluding hydrogens is 280 g/mol. The van der Waals surface area contributed by atoms with Gasteiger partial charge in [-0.3, -0.25) is 4.79 Å². The molecule has 20 heavy (non-hydrogen) atoms. The molecule has 2 fully saturated rings. The molecule has 2 aliphatic rings. The first-order valence-corrected chi connectivity index (χ1v) is 8.66. The van der Waals surface area contributed by atoms with E-state index in [1.807, 2.05) is 0 Å². The second-order valence-corrected chi connectivity index (χ2v) is 8.27. The van der Waals surface area contributed by atoms with E-state index in [4.69, 9.17) is 5.11 Å². The van der Waals surface area contributed by atoms with Crippen LogP contribution in [0.15, 0.2) is 0 Å². The Hall–Kier alpha value is -0.660. The second-order valence-electron chi connectivity index (χ2n) is 6.57.